The van der Waals surface area contributed by atoms with Crippen molar-refractivity contribution in [2.24, 2.45) is 0 Å². The third-order valence-corrected chi connectivity index (χ3v) is 4.31. The van der Waals surface area contributed by atoms with Crippen LogP contribution in [-0.2, 0) is 4.74 Å². The van der Waals surface area contributed by atoms with E-state index in [0.29, 0.717) is 17.2 Å². The molecule has 0 saturated heterocycles. The van der Waals surface area contributed by atoms with Crippen molar-refractivity contribution in [2.45, 2.75) is 26.7 Å². The van der Waals surface area contributed by atoms with E-state index in [4.69, 9.17) is 10.5 Å². The number of hydrogen-bond donors (Lipinski definition) is 1. The Balaban J connectivity index is 2.57. The molecule has 2 aromatic rings. The molecule has 0 aliphatic heterocycles. The fraction of sp³-hybridized carbons (Fsp3) is 0.312. The summed E-state index contributed by atoms with van der Waals surface area (Å²) in [5.41, 5.74) is 8.86. The van der Waals surface area contributed by atoms with Gasteiger partial charge >= 0.3 is 5.97 Å². The average Bonchev–Trinajstić information content (AvgIpc) is 2.78. The van der Waals surface area contributed by atoms with Crippen LogP contribution in [0.2, 0.25) is 0 Å². The van der Waals surface area contributed by atoms with E-state index in [1.165, 1.54) is 11.3 Å². The van der Waals surface area contributed by atoms with Gasteiger partial charge in [0.15, 0.2) is 0 Å². The molecule has 2 rings (SSSR count). The summed E-state index contributed by atoms with van der Waals surface area (Å²) in [6.45, 7) is 6.32. The van der Waals surface area contributed by atoms with E-state index >= 15 is 0 Å². The highest BCUT2D eigenvalue weighted by molar-refractivity contribution is 7.18. The van der Waals surface area contributed by atoms with Crippen molar-refractivity contribution in [1.82, 2.24) is 0 Å². The summed E-state index contributed by atoms with van der Waals surface area (Å²) in [7, 11) is 0. The van der Waals surface area contributed by atoms with Crippen molar-refractivity contribution < 1.29 is 9.53 Å². The molecule has 0 saturated carbocycles. The standard InChI is InChI=1S/C16H19NO2S/c1-4-19-16(18)15-13(17)12(10(2)3)14(20-15)11-8-6-5-7-9-11/h5-10H,4,17H2,1-3H3. The first-order chi connectivity index (χ1) is 9.56. The largest absolute Gasteiger partial charge is 0.462 e. The quantitative estimate of drug-likeness (QED) is 0.854. The van der Waals surface area contributed by atoms with Gasteiger partial charge in [-0.3, -0.25) is 0 Å². The predicted octanol–water partition coefficient (Wildman–Crippen LogP) is 4.30. The minimum Gasteiger partial charge on any atom is -0.462 e. The molecule has 1 aromatic carbocycles. The molecule has 0 fully saturated rings. The summed E-state index contributed by atoms with van der Waals surface area (Å²) in [5.74, 6) is -0.0799. The van der Waals surface area contributed by atoms with Crippen LogP contribution in [0.3, 0.4) is 0 Å². The van der Waals surface area contributed by atoms with E-state index < -0.39 is 0 Å². The number of esters is 1. The fourth-order valence-corrected chi connectivity index (χ4v) is 3.46. The Morgan fingerprint density at radius 1 is 1.30 bits per heavy atom. The lowest BCUT2D eigenvalue weighted by Crippen LogP contribution is -2.06. The molecule has 0 radical (unpaired) electrons. The lowest BCUT2D eigenvalue weighted by atomic mass is 9.98. The average molecular weight is 289 g/mol. The highest BCUT2D eigenvalue weighted by Crippen LogP contribution is 2.42. The number of benzene rings is 1. The molecule has 20 heavy (non-hydrogen) atoms. The second-order valence-electron chi connectivity index (χ2n) is 4.83. The SMILES string of the molecule is CCOC(=O)c1sc(-c2ccccc2)c(C(C)C)c1N. The Bertz CT molecular complexity index is 602. The van der Waals surface area contributed by atoms with Crippen molar-refractivity contribution in [3.63, 3.8) is 0 Å². The van der Waals surface area contributed by atoms with Gasteiger partial charge in [-0.15, -0.1) is 11.3 Å². The second kappa shape index (κ2) is 6.09. The second-order valence-corrected chi connectivity index (χ2v) is 5.85. The zero-order chi connectivity index (χ0) is 14.7. The molecule has 1 aromatic heterocycles. The molecule has 1 heterocycles. The Morgan fingerprint density at radius 2 is 1.95 bits per heavy atom. The van der Waals surface area contributed by atoms with Crippen LogP contribution in [0.15, 0.2) is 30.3 Å². The lowest BCUT2D eigenvalue weighted by Gasteiger charge is -2.09. The highest BCUT2D eigenvalue weighted by Gasteiger charge is 2.24. The Morgan fingerprint density at radius 3 is 2.50 bits per heavy atom. The topological polar surface area (TPSA) is 52.3 Å². The van der Waals surface area contributed by atoms with Crippen LogP contribution in [-0.4, -0.2) is 12.6 Å². The van der Waals surface area contributed by atoms with Crippen LogP contribution in [0.1, 0.15) is 41.9 Å². The van der Waals surface area contributed by atoms with Crippen LogP contribution >= 0.6 is 11.3 Å². The Labute approximate surface area is 123 Å². The molecule has 0 amide bonds. The summed E-state index contributed by atoms with van der Waals surface area (Å²) >= 11 is 1.42. The molecule has 106 valence electrons. The Hall–Kier alpha value is -1.81. The van der Waals surface area contributed by atoms with Gasteiger partial charge in [-0.05, 0) is 24.0 Å². The summed E-state index contributed by atoms with van der Waals surface area (Å²) in [6, 6.07) is 10.0. The lowest BCUT2D eigenvalue weighted by molar-refractivity contribution is 0.0533. The maximum Gasteiger partial charge on any atom is 0.350 e. The van der Waals surface area contributed by atoms with Crippen LogP contribution in [0.5, 0.6) is 0 Å². The number of ether oxygens (including phenoxy) is 1. The summed E-state index contributed by atoms with van der Waals surface area (Å²) in [5, 5.41) is 0. The number of rotatable bonds is 4. The smallest absolute Gasteiger partial charge is 0.350 e. The van der Waals surface area contributed by atoms with Gasteiger partial charge in [0.2, 0.25) is 0 Å². The van der Waals surface area contributed by atoms with E-state index in [1.54, 1.807) is 6.92 Å². The molecule has 0 atom stereocenters. The van der Waals surface area contributed by atoms with Gasteiger partial charge in [0, 0.05) is 4.88 Å². The van der Waals surface area contributed by atoms with Crippen molar-refractivity contribution in [2.75, 3.05) is 12.3 Å². The molecule has 2 N–H and O–H groups in total. The zero-order valence-electron chi connectivity index (χ0n) is 12.0. The van der Waals surface area contributed by atoms with Gasteiger partial charge in [-0.25, -0.2) is 4.79 Å². The number of hydrogen-bond acceptors (Lipinski definition) is 4. The molecule has 3 nitrogen and oxygen atoms in total. The highest BCUT2D eigenvalue weighted by atomic mass is 32.1. The predicted molar refractivity (Wildman–Crippen MR) is 84.2 cm³/mol. The number of thiophene rings is 1. The number of anilines is 1. The first kappa shape index (κ1) is 14.6. The van der Waals surface area contributed by atoms with Crippen molar-refractivity contribution in [3.05, 3.63) is 40.8 Å². The summed E-state index contributed by atoms with van der Waals surface area (Å²) in [4.78, 5) is 13.6. The molecule has 0 spiro atoms. The molecule has 0 unspecified atom stereocenters. The van der Waals surface area contributed by atoms with E-state index in [9.17, 15) is 4.79 Å². The van der Waals surface area contributed by atoms with Crippen LogP contribution in [0, 0.1) is 0 Å². The summed E-state index contributed by atoms with van der Waals surface area (Å²) in [6.07, 6.45) is 0. The fourth-order valence-electron chi connectivity index (χ4n) is 2.18. The number of nitrogen functional groups attached to an aromatic ring is 1. The maximum atomic E-state index is 12.0. The molecule has 0 bridgehead atoms. The van der Waals surface area contributed by atoms with Crippen LogP contribution < -0.4 is 5.73 Å². The zero-order valence-corrected chi connectivity index (χ0v) is 12.8. The normalized spacial score (nSPS) is 10.8. The van der Waals surface area contributed by atoms with Gasteiger partial charge in [0.05, 0.1) is 12.3 Å². The first-order valence-electron chi connectivity index (χ1n) is 6.71. The molecule has 4 heteroatoms. The van der Waals surface area contributed by atoms with Gasteiger partial charge in [0.25, 0.3) is 0 Å². The van der Waals surface area contributed by atoms with Crippen molar-refractivity contribution >= 4 is 23.0 Å². The summed E-state index contributed by atoms with van der Waals surface area (Å²) < 4.78 is 5.08. The third-order valence-electron chi connectivity index (χ3n) is 3.06. The third kappa shape index (κ3) is 2.70. The first-order valence-corrected chi connectivity index (χ1v) is 7.52. The molecule has 0 aliphatic carbocycles. The van der Waals surface area contributed by atoms with E-state index in [-0.39, 0.29) is 11.9 Å². The Kier molecular flexibility index (Phi) is 4.45. The molecular formula is C16H19NO2S. The van der Waals surface area contributed by atoms with Crippen LogP contribution in [0.4, 0.5) is 5.69 Å². The van der Waals surface area contributed by atoms with Crippen LogP contribution in [0.25, 0.3) is 10.4 Å². The van der Waals surface area contributed by atoms with Gasteiger partial charge in [-0.1, -0.05) is 44.2 Å². The monoisotopic (exact) mass is 289 g/mol. The van der Waals surface area contributed by atoms with Gasteiger partial charge < -0.3 is 10.5 Å². The van der Waals surface area contributed by atoms with E-state index in [2.05, 4.69) is 13.8 Å². The molecular weight excluding hydrogens is 270 g/mol. The minimum atomic E-state index is -0.334. The molecule has 0 aliphatic rings. The van der Waals surface area contributed by atoms with E-state index in [1.807, 2.05) is 30.3 Å². The number of carbonyl (C=O) groups excluding carboxylic acids is 1. The van der Waals surface area contributed by atoms with Gasteiger partial charge in [-0.2, -0.15) is 0 Å². The van der Waals surface area contributed by atoms with Crippen molar-refractivity contribution in [1.29, 1.82) is 0 Å². The number of carbonyl (C=O) groups is 1. The van der Waals surface area contributed by atoms with E-state index in [0.717, 1.165) is 16.0 Å². The van der Waals surface area contributed by atoms with Gasteiger partial charge in [0.1, 0.15) is 4.88 Å². The minimum absolute atomic E-state index is 0.254. The maximum absolute atomic E-state index is 12.0. The number of nitrogens with two attached hydrogens (primary N) is 1. The van der Waals surface area contributed by atoms with Crippen molar-refractivity contribution in [3.8, 4) is 10.4 Å².